The Bertz CT molecular complexity index is 711. The second-order valence-corrected chi connectivity index (χ2v) is 5.90. The molecule has 2 aromatic rings. The maximum atomic E-state index is 12.1. The van der Waals surface area contributed by atoms with Crippen LogP contribution in [-0.2, 0) is 0 Å². The van der Waals surface area contributed by atoms with Crippen molar-refractivity contribution in [1.29, 1.82) is 0 Å². The highest BCUT2D eigenvalue weighted by Gasteiger charge is 2.22. The molecule has 2 rings (SSSR count). The van der Waals surface area contributed by atoms with E-state index >= 15 is 0 Å². The third-order valence-corrected chi connectivity index (χ3v) is 4.26. The highest BCUT2D eigenvalue weighted by atomic mass is 35.5. The monoisotopic (exact) mass is 363 g/mol. The fourth-order valence-corrected chi connectivity index (χ4v) is 2.58. The number of nitrogens with zero attached hydrogens (tertiary/aromatic N) is 1. The summed E-state index contributed by atoms with van der Waals surface area (Å²) < 4.78 is 5.25. The average molecular weight is 365 g/mol. The van der Waals surface area contributed by atoms with E-state index in [9.17, 15) is 4.79 Å². The highest BCUT2D eigenvalue weighted by molar-refractivity contribution is 6.52. The van der Waals surface area contributed by atoms with Crippen LogP contribution >= 0.6 is 46.4 Å². The van der Waals surface area contributed by atoms with Gasteiger partial charge in [0.25, 0.3) is 0 Å². The van der Waals surface area contributed by atoms with Crippen LogP contribution in [0.4, 0.5) is 0 Å². The number of hydrogen-bond donors (Lipinski definition) is 0. The van der Waals surface area contributed by atoms with E-state index in [1.165, 1.54) is 0 Å². The van der Waals surface area contributed by atoms with Gasteiger partial charge in [0.2, 0.25) is 0 Å². The lowest BCUT2D eigenvalue weighted by Crippen LogP contribution is -2.12. The van der Waals surface area contributed by atoms with Crippen LogP contribution in [0.1, 0.15) is 21.6 Å². The van der Waals surface area contributed by atoms with E-state index < -0.39 is 5.97 Å². The Labute approximate surface area is 141 Å². The van der Waals surface area contributed by atoms with E-state index in [-0.39, 0.29) is 25.9 Å². The fraction of sp³-hybridized carbons (Fsp3) is 0.143. The fourth-order valence-electron chi connectivity index (χ4n) is 1.77. The molecule has 0 radical (unpaired) electrons. The van der Waals surface area contributed by atoms with Crippen LogP contribution in [0.5, 0.6) is 5.75 Å². The van der Waals surface area contributed by atoms with E-state index in [2.05, 4.69) is 4.98 Å². The van der Waals surface area contributed by atoms with E-state index in [0.29, 0.717) is 5.75 Å². The molecule has 0 saturated carbocycles. The van der Waals surface area contributed by atoms with Crippen molar-refractivity contribution in [2.75, 3.05) is 0 Å². The lowest BCUT2D eigenvalue weighted by Gasteiger charge is -2.09. The molecule has 0 aliphatic rings. The Morgan fingerprint density at radius 2 is 1.52 bits per heavy atom. The van der Waals surface area contributed by atoms with Crippen molar-refractivity contribution >= 4 is 52.4 Å². The predicted molar refractivity (Wildman–Crippen MR) is 85.2 cm³/mol. The molecule has 0 N–H and O–H groups in total. The summed E-state index contributed by atoms with van der Waals surface area (Å²) in [6.45, 7) is 3.79. The quantitative estimate of drug-likeness (QED) is 0.399. The van der Waals surface area contributed by atoms with Crippen LogP contribution in [0, 0.1) is 13.8 Å². The molecule has 0 atom stereocenters. The predicted octanol–water partition coefficient (Wildman–Crippen LogP) is 5.53. The Kier molecular flexibility index (Phi) is 4.99. The summed E-state index contributed by atoms with van der Waals surface area (Å²) in [5.74, 6) is -0.372. The zero-order valence-corrected chi connectivity index (χ0v) is 14.0. The smallest absolute Gasteiger partial charge is 0.364 e. The van der Waals surface area contributed by atoms with Crippen LogP contribution in [0.2, 0.25) is 20.2 Å². The molecule has 21 heavy (non-hydrogen) atoms. The standard InChI is InChI=1S/C14H9Cl4NO2/c1-6-3-7(2)5-8(4-6)21-14(20)12-10(16)9(15)11(17)13(18)19-12/h3-5H,1-2H3. The van der Waals surface area contributed by atoms with E-state index in [1.807, 2.05) is 19.9 Å². The molecule has 1 aromatic heterocycles. The SMILES string of the molecule is Cc1cc(C)cc(OC(=O)c2nc(Cl)c(Cl)c(Cl)c2Cl)c1. The molecule has 110 valence electrons. The largest absolute Gasteiger partial charge is 0.422 e. The third kappa shape index (κ3) is 3.61. The molecule has 0 unspecified atom stereocenters. The summed E-state index contributed by atoms with van der Waals surface area (Å²) in [7, 11) is 0. The number of carbonyl (C=O) groups is 1. The van der Waals surface area contributed by atoms with E-state index in [0.717, 1.165) is 11.1 Å². The van der Waals surface area contributed by atoms with Gasteiger partial charge in [-0.2, -0.15) is 0 Å². The van der Waals surface area contributed by atoms with Gasteiger partial charge in [0.1, 0.15) is 10.9 Å². The number of aromatic nitrogens is 1. The molecule has 0 aliphatic carbocycles. The van der Waals surface area contributed by atoms with Crippen LogP contribution < -0.4 is 4.74 Å². The van der Waals surface area contributed by atoms with Crippen molar-refractivity contribution in [3.05, 3.63) is 55.2 Å². The van der Waals surface area contributed by atoms with Crippen LogP contribution in [0.25, 0.3) is 0 Å². The number of rotatable bonds is 2. The first-order valence-corrected chi connectivity index (χ1v) is 7.31. The van der Waals surface area contributed by atoms with Crippen LogP contribution in [0.3, 0.4) is 0 Å². The van der Waals surface area contributed by atoms with Crippen LogP contribution in [-0.4, -0.2) is 11.0 Å². The van der Waals surface area contributed by atoms with Gasteiger partial charge in [-0.15, -0.1) is 0 Å². The van der Waals surface area contributed by atoms with Crippen molar-refractivity contribution in [3.63, 3.8) is 0 Å². The van der Waals surface area contributed by atoms with Crippen molar-refractivity contribution in [3.8, 4) is 5.75 Å². The van der Waals surface area contributed by atoms with Gasteiger partial charge in [-0.1, -0.05) is 52.5 Å². The molecule has 0 aliphatic heterocycles. The summed E-state index contributed by atoms with van der Waals surface area (Å²) in [5, 5.41) is -0.254. The van der Waals surface area contributed by atoms with E-state index in [4.69, 9.17) is 51.1 Å². The van der Waals surface area contributed by atoms with Gasteiger partial charge in [0.15, 0.2) is 5.69 Å². The van der Waals surface area contributed by atoms with Crippen molar-refractivity contribution < 1.29 is 9.53 Å². The normalized spacial score (nSPS) is 10.6. The summed E-state index contributed by atoms with van der Waals surface area (Å²) in [6, 6.07) is 5.40. The van der Waals surface area contributed by atoms with Crippen LogP contribution in [0.15, 0.2) is 18.2 Å². The maximum absolute atomic E-state index is 12.1. The number of hydrogen-bond acceptors (Lipinski definition) is 3. The Morgan fingerprint density at radius 3 is 2.10 bits per heavy atom. The minimum Gasteiger partial charge on any atom is -0.422 e. The van der Waals surface area contributed by atoms with Gasteiger partial charge in [-0.3, -0.25) is 0 Å². The molecule has 0 amide bonds. The molecule has 0 fully saturated rings. The second-order valence-electron chi connectivity index (χ2n) is 4.41. The van der Waals surface area contributed by atoms with Gasteiger partial charge >= 0.3 is 5.97 Å². The lowest BCUT2D eigenvalue weighted by molar-refractivity contribution is 0.0729. The zero-order valence-electron chi connectivity index (χ0n) is 11.0. The number of halogens is 4. The molecule has 3 nitrogen and oxygen atoms in total. The third-order valence-electron chi connectivity index (χ3n) is 2.58. The second kappa shape index (κ2) is 6.41. The summed E-state index contributed by atoms with van der Waals surface area (Å²) in [5.41, 5.74) is 1.74. The number of benzene rings is 1. The van der Waals surface area contributed by atoms with Gasteiger partial charge in [0, 0.05) is 0 Å². The average Bonchev–Trinajstić information content (AvgIpc) is 2.39. The molecular formula is C14H9Cl4NO2. The topological polar surface area (TPSA) is 39.2 Å². The Hall–Kier alpha value is -1.000. The lowest BCUT2D eigenvalue weighted by atomic mass is 10.1. The summed E-state index contributed by atoms with van der Waals surface area (Å²) >= 11 is 23.4. The van der Waals surface area contributed by atoms with Crippen molar-refractivity contribution in [2.45, 2.75) is 13.8 Å². The zero-order chi connectivity index (χ0) is 15.7. The summed E-state index contributed by atoms with van der Waals surface area (Å²) in [4.78, 5) is 16.0. The minimum atomic E-state index is -0.759. The van der Waals surface area contributed by atoms with Gasteiger partial charge in [0.05, 0.1) is 15.1 Å². The molecular weight excluding hydrogens is 356 g/mol. The number of carbonyl (C=O) groups excluding carboxylic acids is 1. The minimum absolute atomic E-state index is 0.00807. The highest BCUT2D eigenvalue weighted by Crippen LogP contribution is 2.36. The van der Waals surface area contributed by atoms with Crippen molar-refractivity contribution in [1.82, 2.24) is 4.98 Å². The first-order valence-electron chi connectivity index (χ1n) is 5.80. The molecule has 0 bridgehead atoms. The van der Waals surface area contributed by atoms with E-state index in [1.54, 1.807) is 12.1 Å². The van der Waals surface area contributed by atoms with Gasteiger partial charge in [-0.05, 0) is 37.1 Å². The molecule has 0 spiro atoms. The number of pyridine rings is 1. The molecule has 7 heteroatoms. The first-order chi connectivity index (χ1) is 9.79. The first kappa shape index (κ1) is 16.4. The van der Waals surface area contributed by atoms with Crippen molar-refractivity contribution in [2.24, 2.45) is 0 Å². The van der Waals surface area contributed by atoms with Gasteiger partial charge < -0.3 is 4.74 Å². The molecule has 1 heterocycles. The summed E-state index contributed by atoms with van der Waals surface area (Å²) in [6.07, 6.45) is 0. The number of ether oxygens (including phenoxy) is 1. The molecule has 0 saturated heterocycles. The number of esters is 1. The number of aryl methyl sites for hydroxylation is 2. The van der Waals surface area contributed by atoms with Gasteiger partial charge in [-0.25, -0.2) is 9.78 Å². The Balaban J connectivity index is 2.37. The Morgan fingerprint density at radius 1 is 0.952 bits per heavy atom. The molecule has 1 aromatic carbocycles. The maximum Gasteiger partial charge on any atom is 0.364 e.